The van der Waals surface area contributed by atoms with Crippen LogP contribution in [0, 0.1) is 12.8 Å². The first-order valence-electron chi connectivity index (χ1n) is 10.6. The van der Waals surface area contributed by atoms with Crippen molar-refractivity contribution in [1.29, 1.82) is 0 Å². The van der Waals surface area contributed by atoms with Gasteiger partial charge in [-0.05, 0) is 82.2 Å². The lowest BCUT2D eigenvalue weighted by Gasteiger charge is -2.56. The van der Waals surface area contributed by atoms with Gasteiger partial charge in [-0.1, -0.05) is 32.3 Å². The third-order valence-electron chi connectivity index (χ3n) is 7.35. The summed E-state index contributed by atoms with van der Waals surface area (Å²) in [7, 11) is 0. The van der Waals surface area contributed by atoms with E-state index in [1.54, 1.807) is 0 Å². The maximum Gasteiger partial charge on any atom is 0.248 e. The molecule has 1 saturated carbocycles. The van der Waals surface area contributed by atoms with Crippen molar-refractivity contribution in [2.45, 2.75) is 90.1 Å². The van der Waals surface area contributed by atoms with Crippen molar-refractivity contribution in [3.8, 4) is 0 Å². The summed E-state index contributed by atoms with van der Waals surface area (Å²) in [4.78, 5) is 14.6. The fraction of sp³-hybridized carbons (Fsp3) is 0.696. The Morgan fingerprint density at radius 2 is 2.12 bits per heavy atom. The lowest BCUT2D eigenvalue weighted by Crippen LogP contribution is -2.58. The number of hydrogen-bond donors (Lipinski definition) is 1. The first-order valence-corrected chi connectivity index (χ1v) is 10.6. The van der Waals surface area contributed by atoms with Gasteiger partial charge in [-0.15, -0.1) is 0 Å². The zero-order chi connectivity index (χ0) is 18.9. The van der Waals surface area contributed by atoms with Crippen molar-refractivity contribution < 1.29 is 4.79 Å². The summed E-state index contributed by atoms with van der Waals surface area (Å²) in [6, 6.07) is 7.37. The number of likely N-dealkylation sites (tertiary alicyclic amines) is 1. The van der Waals surface area contributed by atoms with Gasteiger partial charge in [-0.3, -0.25) is 9.69 Å². The quantitative estimate of drug-likeness (QED) is 0.823. The van der Waals surface area contributed by atoms with Crippen molar-refractivity contribution in [3.05, 3.63) is 34.9 Å². The Hall–Kier alpha value is -1.35. The number of rotatable bonds is 5. The first-order chi connectivity index (χ1) is 12.4. The van der Waals surface area contributed by atoms with Crippen LogP contribution in [0.1, 0.15) is 87.2 Å². The van der Waals surface area contributed by atoms with E-state index in [0.29, 0.717) is 23.6 Å². The van der Waals surface area contributed by atoms with Crippen molar-refractivity contribution in [3.63, 3.8) is 0 Å². The molecule has 3 heteroatoms. The van der Waals surface area contributed by atoms with Gasteiger partial charge < -0.3 is 5.73 Å². The molecule has 2 N–H and O–H groups in total. The molecule has 3 rings (SSSR count). The first kappa shape index (κ1) is 19.4. The number of nitrogens with two attached hydrogens (primary N) is 1. The minimum absolute atomic E-state index is 0.218. The summed E-state index contributed by atoms with van der Waals surface area (Å²) in [6.45, 7) is 10.5. The minimum Gasteiger partial charge on any atom is -0.366 e. The van der Waals surface area contributed by atoms with Crippen molar-refractivity contribution >= 4 is 5.91 Å². The second-order valence-corrected chi connectivity index (χ2v) is 8.77. The Labute approximate surface area is 159 Å². The van der Waals surface area contributed by atoms with Crippen LogP contribution in [0.5, 0.6) is 0 Å². The van der Waals surface area contributed by atoms with E-state index >= 15 is 0 Å². The highest BCUT2D eigenvalue weighted by atomic mass is 16.1. The zero-order valence-electron chi connectivity index (χ0n) is 17.1. The maximum absolute atomic E-state index is 11.8. The van der Waals surface area contributed by atoms with Gasteiger partial charge in [0.2, 0.25) is 5.91 Å². The molecule has 1 aromatic carbocycles. The summed E-state index contributed by atoms with van der Waals surface area (Å²) in [5.41, 5.74) is 9.21. The van der Waals surface area contributed by atoms with Gasteiger partial charge in [0, 0.05) is 23.1 Å². The SMILES string of the molecule is CCC[C@@H](C)N1CC[C@]2(c3cc(C(N)=O)ccc3C)CCCC[C@H]2[C@H]1C. The summed E-state index contributed by atoms with van der Waals surface area (Å²) in [5.74, 6) is 0.364. The predicted molar refractivity (Wildman–Crippen MR) is 108 cm³/mol. The molecule has 1 saturated heterocycles. The number of aryl methyl sites for hydroxylation is 1. The number of amides is 1. The topological polar surface area (TPSA) is 46.3 Å². The molecule has 2 fully saturated rings. The third-order valence-corrected chi connectivity index (χ3v) is 7.35. The second-order valence-electron chi connectivity index (χ2n) is 8.77. The zero-order valence-corrected chi connectivity index (χ0v) is 17.1. The Morgan fingerprint density at radius 3 is 2.81 bits per heavy atom. The third kappa shape index (κ3) is 3.31. The molecule has 4 atom stereocenters. The second kappa shape index (κ2) is 7.72. The summed E-state index contributed by atoms with van der Waals surface area (Å²) in [6.07, 6.45) is 8.92. The monoisotopic (exact) mass is 356 g/mol. The average molecular weight is 357 g/mol. The number of nitrogens with zero attached hydrogens (tertiary/aromatic N) is 1. The molecule has 1 aliphatic carbocycles. The predicted octanol–water partition coefficient (Wildman–Crippen LogP) is 4.80. The number of carbonyl (C=O) groups excluding carboxylic acids is 1. The lowest BCUT2D eigenvalue weighted by atomic mass is 9.56. The molecule has 1 amide bonds. The van der Waals surface area contributed by atoms with Crippen LogP contribution in [0.25, 0.3) is 0 Å². The van der Waals surface area contributed by atoms with Crippen molar-refractivity contribution in [2.24, 2.45) is 11.7 Å². The van der Waals surface area contributed by atoms with Gasteiger partial charge >= 0.3 is 0 Å². The fourth-order valence-electron chi connectivity index (χ4n) is 6.03. The molecule has 2 aliphatic rings. The maximum atomic E-state index is 11.8. The van der Waals surface area contributed by atoms with E-state index in [2.05, 4.69) is 44.7 Å². The molecule has 3 nitrogen and oxygen atoms in total. The van der Waals surface area contributed by atoms with E-state index in [1.165, 1.54) is 62.6 Å². The van der Waals surface area contributed by atoms with Crippen molar-refractivity contribution in [2.75, 3.05) is 6.54 Å². The number of carbonyl (C=O) groups is 1. The molecule has 26 heavy (non-hydrogen) atoms. The van der Waals surface area contributed by atoms with E-state index < -0.39 is 0 Å². The number of piperidine rings is 1. The van der Waals surface area contributed by atoms with Crippen LogP contribution in [-0.4, -0.2) is 29.4 Å². The molecule has 1 aromatic rings. The van der Waals surface area contributed by atoms with Gasteiger partial charge in [0.1, 0.15) is 0 Å². The highest BCUT2D eigenvalue weighted by Gasteiger charge is 2.50. The van der Waals surface area contributed by atoms with E-state index in [1.807, 2.05) is 6.07 Å². The molecular formula is C23H36N2O. The molecule has 0 aromatic heterocycles. The van der Waals surface area contributed by atoms with Gasteiger partial charge in [0.25, 0.3) is 0 Å². The van der Waals surface area contributed by atoms with E-state index in [0.717, 1.165) is 0 Å². The Bertz CT molecular complexity index is 656. The van der Waals surface area contributed by atoms with Crippen molar-refractivity contribution in [1.82, 2.24) is 4.90 Å². The number of primary amides is 1. The number of benzene rings is 1. The van der Waals surface area contributed by atoms with Gasteiger partial charge in [-0.25, -0.2) is 0 Å². The van der Waals surface area contributed by atoms with Gasteiger partial charge in [-0.2, -0.15) is 0 Å². The van der Waals surface area contributed by atoms with E-state index in [-0.39, 0.29) is 11.3 Å². The number of fused-ring (bicyclic) bond motifs is 1. The van der Waals surface area contributed by atoms with E-state index in [4.69, 9.17) is 5.73 Å². The number of hydrogen-bond acceptors (Lipinski definition) is 2. The molecular weight excluding hydrogens is 320 g/mol. The molecule has 0 radical (unpaired) electrons. The highest BCUT2D eigenvalue weighted by Crippen LogP contribution is 2.52. The smallest absolute Gasteiger partial charge is 0.248 e. The molecule has 0 spiro atoms. The molecule has 1 aliphatic heterocycles. The minimum atomic E-state index is -0.308. The fourth-order valence-corrected chi connectivity index (χ4v) is 6.03. The Balaban J connectivity index is 2.00. The summed E-state index contributed by atoms with van der Waals surface area (Å²) in [5, 5.41) is 0. The molecule has 0 bridgehead atoms. The molecule has 0 unspecified atom stereocenters. The normalized spacial score (nSPS) is 30.6. The highest BCUT2D eigenvalue weighted by molar-refractivity contribution is 5.93. The standard InChI is InChI=1S/C23H36N2O/c1-5-8-17(3)25-14-13-23(12-7-6-9-20(23)18(25)4)21-15-19(22(24)26)11-10-16(21)2/h10-11,15,17-18,20H,5-9,12-14H2,1-4H3,(H2,24,26)/t17-,18-,20+,23-/m1/s1. The van der Waals surface area contributed by atoms with Crippen LogP contribution >= 0.6 is 0 Å². The van der Waals surface area contributed by atoms with Gasteiger partial charge in [0.05, 0.1) is 0 Å². The van der Waals surface area contributed by atoms with Crippen LogP contribution in [0.2, 0.25) is 0 Å². The summed E-state index contributed by atoms with van der Waals surface area (Å²) < 4.78 is 0. The lowest BCUT2D eigenvalue weighted by molar-refractivity contribution is -0.0140. The van der Waals surface area contributed by atoms with Crippen LogP contribution in [0.4, 0.5) is 0 Å². The van der Waals surface area contributed by atoms with Crippen LogP contribution < -0.4 is 5.73 Å². The van der Waals surface area contributed by atoms with Crippen LogP contribution in [-0.2, 0) is 5.41 Å². The molecule has 144 valence electrons. The summed E-state index contributed by atoms with van der Waals surface area (Å²) >= 11 is 0. The van der Waals surface area contributed by atoms with Crippen LogP contribution in [0.3, 0.4) is 0 Å². The van der Waals surface area contributed by atoms with Gasteiger partial charge in [0.15, 0.2) is 0 Å². The van der Waals surface area contributed by atoms with Crippen LogP contribution in [0.15, 0.2) is 18.2 Å². The largest absolute Gasteiger partial charge is 0.366 e. The Morgan fingerprint density at radius 1 is 1.35 bits per heavy atom. The average Bonchev–Trinajstić information content (AvgIpc) is 2.62. The Kier molecular flexibility index (Phi) is 5.76. The van der Waals surface area contributed by atoms with E-state index in [9.17, 15) is 4.79 Å². The molecule has 1 heterocycles.